The molecule has 0 amide bonds. The van der Waals surface area contributed by atoms with Crippen LogP contribution in [0.25, 0.3) is 0 Å². The molecule has 0 saturated carbocycles. The highest BCUT2D eigenvalue weighted by atomic mass is 16.2. The second kappa shape index (κ2) is 6.67. The Balaban J connectivity index is 2.17. The molecule has 0 aliphatic carbocycles. The molecule has 1 fully saturated rings. The number of rotatable bonds is 4. The Morgan fingerprint density at radius 1 is 1.09 bits per heavy atom. The summed E-state index contributed by atoms with van der Waals surface area (Å²) in [6.07, 6.45) is 0. The predicted octanol–water partition coefficient (Wildman–Crippen LogP) is -1.13. The highest BCUT2D eigenvalue weighted by Crippen LogP contribution is 2.09. The minimum atomic E-state index is -0.628. The van der Waals surface area contributed by atoms with Gasteiger partial charge in [0.25, 0.3) is 5.56 Å². The highest BCUT2D eigenvalue weighted by Gasteiger charge is 2.25. The van der Waals surface area contributed by atoms with E-state index in [1.807, 2.05) is 4.90 Å². The number of carbonyl (C=O) groups excluding carboxylic acids is 1. The molecule has 2 N–H and O–H groups in total. The van der Waals surface area contributed by atoms with Crippen LogP contribution >= 0.6 is 0 Å². The summed E-state index contributed by atoms with van der Waals surface area (Å²) in [4.78, 5) is 40.9. The van der Waals surface area contributed by atoms with Crippen molar-refractivity contribution in [2.24, 2.45) is 14.1 Å². The Bertz CT molecular complexity index is 711. The van der Waals surface area contributed by atoms with E-state index in [2.05, 4.69) is 18.7 Å². The normalized spacial score (nSPS) is 16.9. The van der Waals surface area contributed by atoms with Crippen molar-refractivity contribution >= 4 is 11.6 Å². The van der Waals surface area contributed by atoms with E-state index in [4.69, 9.17) is 5.73 Å². The standard InChI is InChI=1S/C15H25N5O3/c1-10(2)20-7-5-19(6-8-20)9-11(21)12-13(16)17(3)15(23)18(4)14(12)22/h10H,5-9,16H2,1-4H3. The Kier molecular flexibility index (Phi) is 5.06. The smallest absolute Gasteiger partial charge is 0.332 e. The Hall–Kier alpha value is -1.93. The Morgan fingerprint density at radius 2 is 1.65 bits per heavy atom. The van der Waals surface area contributed by atoms with Crippen LogP contribution < -0.4 is 17.0 Å². The van der Waals surface area contributed by atoms with Gasteiger partial charge in [0.15, 0.2) is 5.78 Å². The topological polar surface area (TPSA) is 93.6 Å². The zero-order chi connectivity index (χ0) is 17.3. The van der Waals surface area contributed by atoms with Crippen molar-refractivity contribution in [3.8, 4) is 0 Å². The summed E-state index contributed by atoms with van der Waals surface area (Å²) < 4.78 is 2.05. The van der Waals surface area contributed by atoms with Gasteiger partial charge in [-0.05, 0) is 13.8 Å². The van der Waals surface area contributed by atoms with E-state index in [-0.39, 0.29) is 23.7 Å². The third-order valence-corrected chi connectivity index (χ3v) is 4.49. The van der Waals surface area contributed by atoms with Crippen molar-refractivity contribution in [2.75, 3.05) is 38.5 Å². The number of carbonyl (C=O) groups is 1. The number of hydrogen-bond acceptors (Lipinski definition) is 6. The second-order valence-corrected chi connectivity index (χ2v) is 6.30. The summed E-state index contributed by atoms with van der Waals surface area (Å²) in [5.74, 6) is -0.402. The first-order valence-corrected chi connectivity index (χ1v) is 7.79. The van der Waals surface area contributed by atoms with E-state index >= 15 is 0 Å². The lowest BCUT2D eigenvalue weighted by atomic mass is 10.1. The molecule has 0 spiro atoms. The lowest BCUT2D eigenvalue weighted by Gasteiger charge is -2.36. The molecule has 1 aromatic heterocycles. The average Bonchev–Trinajstić information content (AvgIpc) is 2.51. The quantitative estimate of drug-likeness (QED) is 0.705. The van der Waals surface area contributed by atoms with Crippen LogP contribution in [0, 0.1) is 0 Å². The molecule has 1 aliphatic rings. The maximum Gasteiger partial charge on any atom is 0.332 e. The number of nitrogens with zero attached hydrogens (tertiary/aromatic N) is 4. The van der Waals surface area contributed by atoms with Gasteiger partial charge in [0.2, 0.25) is 0 Å². The summed E-state index contributed by atoms with van der Waals surface area (Å²) >= 11 is 0. The van der Waals surface area contributed by atoms with Crippen LogP contribution in [-0.4, -0.2) is 63.5 Å². The average molecular weight is 323 g/mol. The molecule has 0 aromatic carbocycles. The molecule has 1 aromatic rings. The van der Waals surface area contributed by atoms with Crippen LogP contribution in [0.4, 0.5) is 5.82 Å². The zero-order valence-corrected chi connectivity index (χ0v) is 14.2. The predicted molar refractivity (Wildman–Crippen MR) is 88.8 cm³/mol. The summed E-state index contributed by atoms with van der Waals surface area (Å²) in [5.41, 5.74) is 4.57. The van der Waals surface area contributed by atoms with Crippen LogP contribution in [0.2, 0.25) is 0 Å². The fraction of sp³-hybridized carbons (Fsp3) is 0.667. The fourth-order valence-electron chi connectivity index (χ4n) is 2.84. The van der Waals surface area contributed by atoms with Gasteiger partial charge in [0.05, 0.1) is 6.54 Å². The number of ketones is 1. The Labute approximate surface area is 135 Å². The molecule has 8 heteroatoms. The number of nitrogens with two attached hydrogens (primary N) is 1. The number of Topliss-reactive ketones (excluding diaryl/α,β-unsaturated/α-hetero) is 1. The molecule has 1 saturated heterocycles. The third kappa shape index (κ3) is 3.37. The maximum atomic E-state index is 12.5. The molecule has 0 unspecified atom stereocenters. The first-order chi connectivity index (χ1) is 10.7. The first-order valence-electron chi connectivity index (χ1n) is 7.79. The van der Waals surface area contributed by atoms with Crippen molar-refractivity contribution in [1.29, 1.82) is 0 Å². The summed E-state index contributed by atoms with van der Waals surface area (Å²) in [6.45, 7) is 7.78. The van der Waals surface area contributed by atoms with Crippen molar-refractivity contribution in [1.82, 2.24) is 18.9 Å². The Morgan fingerprint density at radius 3 is 2.17 bits per heavy atom. The van der Waals surface area contributed by atoms with Crippen LogP contribution in [-0.2, 0) is 14.1 Å². The third-order valence-electron chi connectivity index (χ3n) is 4.49. The van der Waals surface area contributed by atoms with Crippen LogP contribution in [0.1, 0.15) is 24.2 Å². The van der Waals surface area contributed by atoms with E-state index in [9.17, 15) is 14.4 Å². The number of nitrogen functional groups attached to an aromatic ring is 1. The lowest BCUT2D eigenvalue weighted by Crippen LogP contribution is -2.50. The van der Waals surface area contributed by atoms with Gasteiger partial charge in [-0.3, -0.25) is 28.5 Å². The van der Waals surface area contributed by atoms with Gasteiger partial charge in [-0.15, -0.1) is 0 Å². The van der Waals surface area contributed by atoms with Gasteiger partial charge in [-0.1, -0.05) is 0 Å². The lowest BCUT2D eigenvalue weighted by molar-refractivity contribution is 0.0805. The van der Waals surface area contributed by atoms with Gasteiger partial charge in [-0.2, -0.15) is 0 Å². The van der Waals surface area contributed by atoms with Crippen LogP contribution in [0.5, 0.6) is 0 Å². The molecule has 2 heterocycles. The number of hydrogen-bond donors (Lipinski definition) is 1. The minimum Gasteiger partial charge on any atom is -0.384 e. The monoisotopic (exact) mass is 323 g/mol. The number of anilines is 1. The molecule has 8 nitrogen and oxygen atoms in total. The molecule has 0 radical (unpaired) electrons. The van der Waals surface area contributed by atoms with Crippen molar-refractivity contribution in [2.45, 2.75) is 19.9 Å². The largest absolute Gasteiger partial charge is 0.384 e. The van der Waals surface area contributed by atoms with Gasteiger partial charge >= 0.3 is 5.69 Å². The van der Waals surface area contributed by atoms with Crippen molar-refractivity contribution in [3.63, 3.8) is 0 Å². The second-order valence-electron chi connectivity index (χ2n) is 6.30. The zero-order valence-electron chi connectivity index (χ0n) is 14.2. The van der Waals surface area contributed by atoms with Gasteiger partial charge < -0.3 is 5.73 Å². The van der Waals surface area contributed by atoms with E-state index in [1.165, 1.54) is 14.1 Å². The van der Waals surface area contributed by atoms with E-state index < -0.39 is 11.2 Å². The maximum absolute atomic E-state index is 12.5. The van der Waals surface area contributed by atoms with E-state index in [0.29, 0.717) is 6.04 Å². The summed E-state index contributed by atoms with van der Waals surface area (Å²) in [6, 6.07) is 0.486. The molecular weight excluding hydrogens is 298 g/mol. The van der Waals surface area contributed by atoms with E-state index in [1.54, 1.807) is 0 Å². The molecule has 2 rings (SSSR count). The van der Waals surface area contributed by atoms with Gasteiger partial charge in [0.1, 0.15) is 11.4 Å². The highest BCUT2D eigenvalue weighted by molar-refractivity contribution is 6.01. The summed E-state index contributed by atoms with van der Waals surface area (Å²) in [5, 5.41) is 0. The fourth-order valence-corrected chi connectivity index (χ4v) is 2.84. The van der Waals surface area contributed by atoms with E-state index in [0.717, 1.165) is 35.3 Å². The van der Waals surface area contributed by atoms with Gasteiger partial charge in [0, 0.05) is 46.3 Å². The van der Waals surface area contributed by atoms with Gasteiger partial charge in [-0.25, -0.2) is 4.79 Å². The molecule has 0 atom stereocenters. The van der Waals surface area contributed by atoms with Crippen LogP contribution in [0.15, 0.2) is 9.59 Å². The molecule has 0 bridgehead atoms. The molecular formula is C15H25N5O3. The molecule has 128 valence electrons. The minimum absolute atomic E-state index is 0.0658. The van der Waals surface area contributed by atoms with Crippen molar-refractivity contribution < 1.29 is 4.79 Å². The first kappa shape index (κ1) is 17.4. The summed E-state index contributed by atoms with van der Waals surface area (Å²) in [7, 11) is 2.80. The van der Waals surface area contributed by atoms with Crippen LogP contribution in [0.3, 0.4) is 0 Å². The molecule has 23 heavy (non-hydrogen) atoms. The number of piperazine rings is 1. The number of aromatic nitrogens is 2. The van der Waals surface area contributed by atoms with Crippen molar-refractivity contribution in [3.05, 3.63) is 26.4 Å². The SMILES string of the molecule is CC(C)N1CCN(CC(=O)c2c(N)n(C)c(=O)n(C)c2=O)CC1. The molecule has 1 aliphatic heterocycles.